The molecule has 0 aliphatic rings. The average molecular weight is 749 g/mol. The second-order valence-electron chi connectivity index (χ2n) is 12.6. The molecule has 6 aromatic rings. The standard InChI is InChI=1S/2C17H18NSi.C2H6Si.2ClH.Zr/c2*1-19(2,3)14-11-13-7-6-8-15(16(13)12-14)17-9-4-5-10-18-17;1-3-2;;;/h2*4-12H,1-3H3;1-2H3;2*1H;/q2*-1;;;;+4/p-2. The molecule has 0 spiro atoms. The number of aromatic nitrogens is 2. The van der Waals surface area contributed by atoms with E-state index in [1.807, 2.05) is 36.7 Å². The maximum atomic E-state index is 4.93. The third-order valence-electron chi connectivity index (χ3n) is 7.12. The third-order valence-corrected chi connectivity index (χ3v) is 11.2. The van der Waals surface area contributed by atoms with Gasteiger partial charge in [0, 0.05) is 21.9 Å². The Labute approximate surface area is 287 Å². The molecule has 0 bridgehead atoms. The minimum atomic E-state index is -1.26. The van der Waals surface area contributed by atoms with E-state index >= 15 is 0 Å². The fourth-order valence-electron chi connectivity index (χ4n) is 4.83. The van der Waals surface area contributed by atoms with Crippen LogP contribution in [0.5, 0.6) is 0 Å². The average Bonchev–Trinajstić information content (AvgIpc) is 3.65. The molecule has 8 heteroatoms. The molecule has 44 heavy (non-hydrogen) atoms. The molecule has 4 aromatic carbocycles. The van der Waals surface area contributed by atoms with Crippen LogP contribution in [-0.4, -0.2) is 35.6 Å². The topological polar surface area (TPSA) is 25.8 Å². The molecule has 0 saturated heterocycles. The van der Waals surface area contributed by atoms with Crippen molar-refractivity contribution in [3.63, 3.8) is 0 Å². The monoisotopic (exact) mass is 746 g/mol. The Kier molecular flexibility index (Phi) is 14.2. The summed E-state index contributed by atoms with van der Waals surface area (Å²) in [6.07, 6.45) is 3.72. The van der Waals surface area contributed by atoms with Gasteiger partial charge < -0.3 is 0 Å². The van der Waals surface area contributed by atoms with Gasteiger partial charge >= 0.3 is 37.9 Å². The molecule has 0 unspecified atom stereocenters. The first-order valence-corrected chi connectivity index (χ1v) is 30.0. The Morgan fingerprint density at radius 1 is 0.591 bits per heavy atom. The van der Waals surface area contributed by atoms with E-state index in [4.69, 9.17) is 17.0 Å². The summed E-state index contributed by atoms with van der Waals surface area (Å²) in [6.45, 7) is 18.6. The summed E-state index contributed by atoms with van der Waals surface area (Å²) in [5.41, 5.74) is 4.59. The van der Waals surface area contributed by atoms with Crippen molar-refractivity contribution in [1.82, 2.24) is 9.97 Å². The van der Waals surface area contributed by atoms with E-state index in [1.54, 1.807) is 0 Å². The van der Waals surface area contributed by atoms with Gasteiger partial charge in [-0.25, -0.2) is 0 Å². The third kappa shape index (κ3) is 10.0. The first-order valence-electron chi connectivity index (χ1n) is 14.7. The van der Waals surface area contributed by atoms with Crippen molar-refractivity contribution in [2.75, 3.05) is 0 Å². The van der Waals surface area contributed by atoms with Crippen LogP contribution in [-0.2, 0) is 20.8 Å². The van der Waals surface area contributed by atoms with E-state index in [-0.39, 0.29) is 0 Å². The summed E-state index contributed by atoms with van der Waals surface area (Å²) in [7, 11) is 8.43. The van der Waals surface area contributed by atoms with E-state index in [0.717, 1.165) is 20.9 Å². The summed E-state index contributed by atoms with van der Waals surface area (Å²) in [5, 5.41) is 8.37. The summed E-state index contributed by atoms with van der Waals surface area (Å²) in [4.78, 5) is 8.96. The SMILES string of the molecule is C[Si](C)(C)c1cc2c(-c3ccccn3)cccc2[cH-]1.C[Si](C)(C)c1cc2c(-c3ccccn3)cccc2[cH-]1.C[Si]C.[Cl][Zr+2][Cl]. The molecule has 0 amide bonds. The van der Waals surface area contributed by atoms with Crippen LogP contribution in [0.4, 0.5) is 0 Å². The van der Waals surface area contributed by atoms with Gasteiger partial charge in [-0.05, 0) is 35.4 Å². The summed E-state index contributed by atoms with van der Waals surface area (Å²) in [5.74, 6) is 0. The summed E-state index contributed by atoms with van der Waals surface area (Å²) < 4.78 is 0. The molecule has 0 aliphatic carbocycles. The van der Waals surface area contributed by atoms with Crippen molar-refractivity contribution in [1.29, 1.82) is 0 Å². The number of benzene rings is 2. The Hall–Kier alpha value is -1.93. The van der Waals surface area contributed by atoms with Crippen molar-refractivity contribution < 1.29 is 20.8 Å². The van der Waals surface area contributed by atoms with Crippen molar-refractivity contribution in [2.24, 2.45) is 0 Å². The van der Waals surface area contributed by atoms with Crippen LogP contribution in [0, 0.1) is 0 Å². The molecule has 2 aromatic heterocycles. The Morgan fingerprint density at radius 3 is 1.25 bits per heavy atom. The number of pyridine rings is 2. The quantitative estimate of drug-likeness (QED) is 0.133. The Balaban J connectivity index is 0.000000204. The van der Waals surface area contributed by atoms with Crippen molar-refractivity contribution in [3.8, 4) is 22.5 Å². The fourth-order valence-corrected chi connectivity index (χ4v) is 7.16. The predicted octanol–water partition coefficient (Wildman–Crippen LogP) is 10.5. The van der Waals surface area contributed by atoms with Crippen LogP contribution in [0.1, 0.15) is 0 Å². The first-order chi connectivity index (χ1) is 20.9. The summed E-state index contributed by atoms with van der Waals surface area (Å²) >= 11 is -0.826. The molecule has 2 radical (unpaired) electrons. The molecule has 0 aliphatic heterocycles. The van der Waals surface area contributed by atoms with Crippen LogP contribution in [0.15, 0.2) is 109 Å². The number of hydrogen-bond acceptors (Lipinski definition) is 2. The minimum absolute atomic E-state index is 0.826. The van der Waals surface area contributed by atoms with Crippen LogP contribution < -0.4 is 10.4 Å². The van der Waals surface area contributed by atoms with Gasteiger partial charge in [-0.3, -0.25) is 9.97 Å². The number of fused-ring (bicyclic) bond motifs is 2. The normalized spacial score (nSPS) is 11.0. The molecule has 0 atom stereocenters. The van der Waals surface area contributed by atoms with Crippen LogP contribution >= 0.6 is 17.0 Å². The van der Waals surface area contributed by atoms with E-state index in [9.17, 15) is 0 Å². The molecule has 2 heterocycles. The number of nitrogens with zero attached hydrogens (tertiary/aromatic N) is 2. The van der Waals surface area contributed by atoms with Gasteiger partial charge in [0.25, 0.3) is 0 Å². The Bertz CT molecular complexity index is 1590. The molecule has 0 N–H and O–H groups in total. The Morgan fingerprint density at radius 2 is 0.955 bits per heavy atom. The molecular weight excluding hydrogens is 707 g/mol. The van der Waals surface area contributed by atoms with E-state index in [0.29, 0.717) is 0 Å². The maximum absolute atomic E-state index is 4.93. The van der Waals surface area contributed by atoms with Gasteiger partial charge in [0.1, 0.15) is 0 Å². The molecule has 0 fully saturated rings. The second-order valence-corrected chi connectivity index (χ2v) is 27.5. The second kappa shape index (κ2) is 17.1. The number of halogens is 2. The number of hydrogen-bond donors (Lipinski definition) is 0. The molecule has 226 valence electrons. The van der Waals surface area contributed by atoms with Crippen LogP contribution in [0.3, 0.4) is 0 Å². The van der Waals surface area contributed by atoms with Crippen molar-refractivity contribution in [3.05, 3.63) is 109 Å². The summed E-state index contributed by atoms with van der Waals surface area (Å²) in [6, 6.07) is 34.6. The zero-order valence-electron chi connectivity index (χ0n) is 27.0. The van der Waals surface area contributed by atoms with E-state index in [1.165, 1.54) is 43.0 Å². The fraction of sp³-hybridized carbons (Fsp3) is 0.222. The van der Waals surface area contributed by atoms with Gasteiger partial charge in [-0.2, -0.15) is 12.1 Å². The van der Waals surface area contributed by atoms with Gasteiger partial charge in [-0.1, -0.05) is 76.6 Å². The van der Waals surface area contributed by atoms with Gasteiger partial charge in [0.05, 0.1) is 27.5 Å². The zero-order valence-corrected chi connectivity index (χ0v) is 34.0. The molecular formula is C36H42Cl2N2Si3Zr. The predicted molar refractivity (Wildman–Crippen MR) is 201 cm³/mol. The van der Waals surface area contributed by atoms with Gasteiger partial charge in [0.15, 0.2) is 0 Å². The van der Waals surface area contributed by atoms with Crippen molar-refractivity contribution >= 4 is 74.6 Å². The van der Waals surface area contributed by atoms with Gasteiger partial charge in [-0.15, -0.1) is 68.3 Å². The first kappa shape index (κ1) is 36.5. The van der Waals surface area contributed by atoms with Crippen molar-refractivity contribution in [2.45, 2.75) is 52.4 Å². The molecule has 0 saturated carbocycles. The number of rotatable bonds is 4. The zero-order chi connectivity index (χ0) is 32.3. The van der Waals surface area contributed by atoms with Gasteiger partial charge in [0.2, 0.25) is 0 Å². The van der Waals surface area contributed by atoms with Crippen LogP contribution in [0.25, 0.3) is 44.1 Å². The van der Waals surface area contributed by atoms with E-state index in [2.05, 4.69) is 135 Å². The molecule has 6 rings (SSSR count). The van der Waals surface area contributed by atoms with Crippen LogP contribution in [0.2, 0.25) is 52.4 Å². The van der Waals surface area contributed by atoms with E-state index < -0.39 is 37.0 Å². The molecule has 2 nitrogen and oxygen atoms in total.